The van der Waals surface area contributed by atoms with Crippen molar-refractivity contribution in [2.45, 2.75) is 20.0 Å². The van der Waals surface area contributed by atoms with E-state index < -0.39 is 17.2 Å². The number of pyridine rings is 2. The molecule has 1 saturated heterocycles. The average molecular weight is 425 g/mol. The lowest BCUT2D eigenvalue weighted by Crippen LogP contribution is -3.12. The highest BCUT2D eigenvalue weighted by Crippen LogP contribution is 2.25. The molecule has 1 aromatic carbocycles. The first-order chi connectivity index (χ1) is 15.0. The third-order valence-electron chi connectivity index (χ3n) is 5.85. The van der Waals surface area contributed by atoms with Crippen LogP contribution in [0, 0.1) is 5.82 Å². The molecule has 0 saturated carbocycles. The first-order valence-corrected chi connectivity index (χ1v) is 10.6. The first kappa shape index (κ1) is 21.0. The van der Waals surface area contributed by atoms with Crippen LogP contribution in [0.25, 0.3) is 10.9 Å². The zero-order valence-corrected chi connectivity index (χ0v) is 17.8. The van der Waals surface area contributed by atoms with Gasteiger partial charge in [-0.15, -0.1) is 0 Å². The summed E-state index contributed by atoms with van der Waals surface area (Å²) >= 11 is 0. The second kappa shape index (κ2) is 8.85. The summed E-state index contributed by atoms with van der Waals surface area (Å²) in [5, 5.41) is 2.95. The molecule has 7 nitrogen and oxygen atoms in total. The van der Waals surface area contributed by atoms with E-state index in [4.69, 9.17) is 0 Å². The summed E-state index contributed by atoms with van der Waals surface area (Å²) in [5.41, 5.74) is 1.37. The van der Waals surface area contributed by atoms with E-state index in [-0.39, 0.29) is 17.5 Å². The maximum absolute atomic E-state index is 15.0. The number of halogens is 1. The van der Waals surface area contributed by atoms with Crippen LogP contribution in [-0.2, 0) is 13.1 Å². The van der Waals surface area contributed by atoms with Gasteiger partial charge in [-0.1, -0.05) is 6.07 Å². The highest BCUT2D eigenvalue weighted by Gasteiger charge is 2.22. The zero-order chi connectivity index (χ0) is 22.0. The fourth-order valence-corrected chi connectivity index (χ4v) is 3.96. The van der Waals surface area contributed by atoms with Crippen LogP contribution < -0.4 is 20.5 Å². The van der Waals surface area contributed by atoms with Crippen LogP contribution >= 0.6 is 0 Å². The number of aryl methyl sites for hydroxylation is 1. The van der Waals surface area contributed by atoms with E-state index in [9.17, 15) is 9.59 Å². The van der Waals surface area contributed by atoms with Gasteiger partial charge in [0.2, 0.25) is 5.43 Å². The first-order valence-electron chi connectivity index (χ1n) is 10.6. The van der Waals surface area contributed by atoms with Crippen LogP contribution in [0.3, 0.4) is 0 Å². The van der Waals surface area contributed by atoms with Crippen LogP contribution in [0.2, 0.25) is 0 Å². The molecule has 0 radical (unpaired) electrons. The summed E-state index contributed by atoms with van der Waals surface area (Å²) in [6.45, 7) is 6.09. The molecule has 1 aliphatic heterocycles. The van der Waals surface area contributed by atoms with Crippen molar-refractivity contribution < 1.29 is 14.1 Å². The Morgan fingerprint density at radius 2 is 2.03 bits per heavy atom. The number of hydrogen-bond donors (Lipinski definition) is 2. The Morgan fingerprint density at radius 1 is 1.26 bits per heavy atom. The fraction of sp³-hybridized carbons (Fsp3) is 0.348. The number of piperazine rings is 1. The van der Waals surface area contributed by atoms with E-state index in [1.165, 1.54) is 11.0 Å². The Balaban J connectivity index is 1.69. The standard InChI is InChI=1S/C23H26FN5O2/c1-3-28-15-18(23(31)26-14-16-6-4-5-7-25-16)22(30)17-12-19(24)21(13-20(17)28)29-10-8-27(2)9-11-29/h4-7,12-13,15H,3,8-11,14H2,1-2H3,(H,26,31)/p+1. The molecule has 0 spiro atoms. The van der Waals surface area contributed by atoms with Gasteiger partial charge >= 0.3 is 0 Å². The predicted octanol–water partition coefficient (Wildman–Crippen LogP) is 0.820. The summed E-state index contributed by atoms with van der Waals surface area (Å²) in [5.74, 6) is -0.927. The third-order valence-corrected chi connectivity index (χ3v) is 5.85. The summed E-state index contributed by atoms with van der Waals surface area (Å²) in [4.78, 5) is 33.4. The van der Waals surface area contributed by atoms with Crippen molar-refractivity contribution in [3.8, 4) is 0 Å². The lowest BCUT2D eigenvalue weighted by Gasteiger charge is -2.32. The van der Waals surface area contributed by atoms with Gasteiger partial charge in [0, 0.05) is 24.3 Å². The topological polar surface area (TPSA) is 71.7 Å². The number of hydrogen-bond acceptors (Lipinski definition) is 4. The SMILES string of the molecule is CCn1cc(C(=O)NCc2ccccn2)c(=O)c2cc(F)c(N3CC[NH+](C)CC3)cc21. The Morgan fingerprint density at radius 3 is 2.71 bits per heavy atom. The molecule has 4 rings (SSSR count). The predicted molar refractivity (Wildman–Crippen MR) is 118 cm³/mol. The van der Waals surface area contributed by atoms with E-state index in [1.807, 2.05) is 22.5 Å². The average Bonchev–Trinajstić information content (AvgIpc) is 2.79. The van der Waals surface area contributed by atoms with Crippen LogP contribution in [0.1, 0.15) is 23.0 Å². The Hall–Kier alpha value is -3.26. The molecule has 8 heteroatoms. The number of likely N-dealkylation sites (N-methyl/N-ethyl adjacent to an activating group) is 1. The zero-order valence-electron chi connectivity index (χ0n) is 17.8. The van der Waals surface area contributed by atoms with Gasteiger partial charge in [0.25, 0.3) is 5.91 Å². The smallest absolute Gasteiger partial charge is 0.257 e. The van der Waals surface area contributed by atoms with Gasteiger partial charge in [-0.2, -0.15) is 0 Å². The lowest BCUT2D eigenvalue weighted by molar-refractivity contribution is -0.880. The van der Waals surface area contributed by atoms with Crippen molar-refractivity contribution in [1.82, 2.24) is 14.9 Å². The molecule has 1 amide bonds. The Labute approximate surface area is 180 Å². The second-order valence-electron chi connectivity index (χ2n) is 7.93. The summed E-state index contributed by atoms with van der Waals surface area (Å²) in [7, 11) is 2.13. The summed E-state index contributed by atoms with van der Waals surface area (Å²) in [6, 6.07) is 8.44. The minimum absolute atomic E-state index is 0.000582. The molecule has 31 heavy (non-hydrogen) atoms. The number of amides is 1. The van der Waals surface area contributed by atoms with Crippen molar-refractivity contribution >= 4 is 22.5 Å². The van der Waals surface area contributed by atoms with Crippen LogP contribution in [0.15, 0.2) is 47.5 Å². The van der Waals surface area contributed by atoms with Crippen LogP contribution in [0.5, 0.6) is 0 Å². The van der Waals surface area contributed by atoms with E-state index in [0.29, 0.717) is 23.4 Å². The second-order valence-corrected chi connectivity index (χ2v) is 7.93. The molecule has 0 aliphatic carbocycles. The molecule has 2 N–H and O–H groups in total. The molecule has 162 valence electrons. The number of nitrogens with one attached hydrogen (secondary N) is 2. The number of carbonyl (C=O) groups excluding carboxylic acids is 1. The van der Waals surface area contributed by atoms with Gasteiger partial charge < -0.3 is 19.7 Å². The van der Waals surface area contributed by atoms with Crippen LogP contribution in [0.4, 0.5) is 10.1 Å². The highest BCUT2D eigenvalue weighted by atomic mass is 19.1. The molecule has 0 bridgehead atoms. The molecule has 0 unspecified atom stereocenters. The van der Waals surface area contributed by atoms with E-state index in [0.717, 1.165) is 26.2 Å². The number of fused-ring (bicyclic) bond motifs is 1. The molecule has 2 aromatic heterocycles. The quantitative estimate of drug-likeness (QED) is 0.636. The normalized spacial score (nSPS) is 14.7. The molecule has 3 aromatic rings. The van der Waals surface area contributed by atoms with Crippen molar-refractivity contribution in [3.05, 3.63) is 70.0 Å². The fourth-order valence-electron chi connectivity index (χ4n) is 3.96. The van der Waals surface area contributed by atoms with Gasteiger partial charge in [-0.25, -0.2) is 4.39 Å². The van der Waals surface area contributed by atoms with E-state index >= 15 is 4.39 Å². The van der Waals surface area contributed by atoms with Crippen molar-refractivity contribution in [2.75, 3.05) is 38.1 Å². The number of rotatable bonds is 5. The number of anilines is 1. The van der Waals surface area contributed by atoms with Gasteiger partial charge in [0.15, 0.2) is 0 Å². The maximum Gasteiger partial charge on any atom is 0.257 e. The molecule has 1 aliphatic rings. The minimum Gasteiger partial charge on any atom is -0.358 e. The molecular weight excluding hydrogens is 397 g/mol. The molecule has 1 fully saturated rings. The van der Waals surface area contributed by atoms with Gasteiger partial charge in [-0.3, -0.25) is 14.6 Å². The maximum atomic E-state index is 15.0. The largest absolute Gasteiger partial charge is 0.358 e. The highest BCUT2D eigenvalue weighted by molar-refractivity contribution is 5.97. The molecule has 0 atom stereocenters. The lowest BCUT2D eigenvalue weighted by atomic mass is 10.1. The molecular formula is C23H27FN5O2+. The van der Waals surface area contributed by atoms with Gasteiger partial charge in [-0.05, 0) is 31.2 Å². The Bertz CT molecular complexity index is 1150. The van der Waals surface area contributed by atoms with Gasteiger partial charge in [0.05, 0.1) is 56.7 Å². The van der Waals surface area contributed by atoms with Crippen molar-refractivity contribution in [1.29, 1.82) is 0 Å². The number of carbonyl (C=O) groups is 1. The third kappa shape index (κ3) is 4.29. The van der Waals surface area contributed by atoms with E-state index in [1.54, 1.807) is 30.6 Å². The van der Waals surface area contributed by atoms with Gasteiger partial charge in [0.1, 0.15) is 11.4 Å². The molecule has 3 heterocycles. The van der Waals surface area contributed by atoms with Crippen LogP contribution in [-0.4, -0.2) is 48.7 Å². The van der Waals surface area contributed by atoms with Crippen molar-refractivity contribution in [3.63, 3.8) is 0 Å². The minimum atomic E-state index is -0.494. The number of quaternary nitrogens is 1. The Kier molecular flexibility index (Phi) is 5.99. The monoisotopic (exact) mass is 424 g/mol. The number of benzene rings is 1. The van der Waals surface area contributed by atoms with E-state index in [2.05, 4.69) is 17.3 Å². The number of nitrogens with zero attached hydrogens (tertiary/aromatic N) is 3. The summed E-state index contributed by atoms with van der Waals surface area (Å²) in [6.07, 6.45) is 3.21. The number of aromatic nitrogens is 2. The van der Waals surface area contributed by atoms with Crippen molar-refractivity contribution in [2.24, 2.45) is 0 Å². The summed E-state index contributed by atoms with van der Waals surface area (Å²) < 4.78 is 16.8.